The molecule has 0 atom stereocenters. The van der Waals surface area contributed by atoms with Crippen LogP contribution in [0.15, 0.2) is 22.6 Å². The van der Waals surface area contributed by atoms with E-state index in [2.05, 4.69) is 29.4 Å². The molecule has 1 aromatic carbocycles. The highest BCUT2D eigenvalue weighted by Crippen LogP contribution is 2.27. The molecule has 4 nitrogen and oxygen atoms in total. The summed E-state index contributed by atoms with van der Waals surface area (Å²) in [4.78, 5) is 0. The van der Waals surface area contributed by atoms with Crippen LogP contribution in [0.3, 0.4) is 0 Å². The molecule has 19 heavy (non-hydrogen) atoms. The summed E-state index contributed by atoms with van der Waals surface area (Å²) in [5.74, 6) is 1.06. The van der Waals surface area contributed by atoms with Crippen LogP contribution in [-0.4, -0.2) is 22.8 Å². The first-order chi connectivity index (χ1) is 9.06. The zero-order valence-corrected chi connectivity index (χ0v) is 12.3. The van der Waals surface area contributed by atoms with Gasteiger partial charge in [-0.25, -0.2) is 0 Å². The maximum absolute atomic E-state index is 5.96. The molecular formula is C13H15Cl2N3O. The van der Waals surface area contributed by atoms with E-state index in [-0.39, 0.29) is 0 Å². The Kier molecular flexibility index (Phi) is 4.80. The molecule has 0 aliphatic heterocycles. The van der Waals surface area contributed by atoms with Gasteiger partial charge in [0.25, 0.3) is 0 Å². The highest BCUT2D eigenvalue weighted by molar-refractivity contribution is 6.42. The van der Waals surface area contributed by atoms with Gasteiger partial charge < -0.3 is 9.73 Å². The van der Waals surface area contributed by atoms with Crippen molar-refractivity contribution in [1.29, 1.82) is 0 Å². The summed E-state index contributed by atoms with van der Waals surface area (Å²) in [5.41, 5.74) is 0.768. The third-order valence-electron chi connectivity index (χ3n) is 2.52. The van der Waals surface area contributed by atoms with E-state index >= 15 is 0 Å². The second-order valence-corrected chi connectivity index (χ2v) is 5.30. The van der Waals surface area contributed by atoms with Crippen LogP contribution in [-0.2, 0) is 6.42 Å². The predicted octanol–water partition coefficient (Wildman–Crippen LogP) is 3.58. The summed E-state index contributed by atoms with van der Waals surface area (Å²) < 4.78 is 5.58. The van der Waals surface area contributed by atoms with Gasteiger partial charge in [0.1, 0.15) is 0 Å². The van der Waals surface area contributed by atoms with Crippen LogP contribution in [0.1, 0.15) is 19.7 Å². The molecular weight excluding hydrogens is 285 g/mol. The summed E-state index contributed by atoms with van der Waals surface area (Å²) in [6.45, 7) is 4.99. The summed E-state index contributed by atoms with van der Waals surface area (Å²) in [6.07, 6.45) is 0.701. The number of nitrogens with one attached hydrogen (secondary N) is 1. The van der Waals surface area contributed by atoms with Gasteiger partial charge in [0.2, 0.25) is 11.8 Å². The molecule has 102 valence electrons. The molecule has 0 bridgehead atoms. The molecule has 1 heterocycles. The van der Waals surface area contributed by atoms with Gasteiger partial charge in [0.05, 0.1) is 10.0 Å². The largest absolute Gasteiger partial charge is 0.421 e. The minimum absolute atomic E-state index is 0.442. The lowest BCUT2D eigenvalue weighted by molar-refractivity contribution is 0.484. The van der Waals surface area contributed by atoms with Crippen LogP contribution in [0.25, 0.3) is 11.5 Å². The van der Waals surface area contributed by atoms with E-state index in [1.54, 1.807) is 18.2 Å². The van der Waals surface area contributed by atoms with E-state index in [1.165, 1.54) is 0 Å². The molecule has 0 saturated carbocycles. The van der Waals surface area contributed by atoms with Crippen molar-refractivity contribution in [3.8, 4) is 11.5 Å². The number of benzene rings is 1. The summed E-state index contributed by atoms with van der Waals surface area (Å²) in [6, 6.07) is 5.67. The fourth-order valence-corrected chi connectivity index (χ4v) is 1.87. The quantitative estimate of drug-likeness (QED) is 0.917. The number of hydrogen-bond acceptors (Lipinski definition) is 4. The van der Waals surface area contributed by atoms with Gasteiger partial charge in [-0.1, -0.05) is 37.0 Å². The summed E-state index contributed by atoms with van der Waals surface area (Å²) in [7, 11) is 0. The summed E-state index contributed by atoms with van der Waals surface area (Å²) >= 11 is 11.8. The number of hydrogen-bond donors (Lipinski definition) is 1. The first kappa shape index (κ1) is 14.3. The Morgan fingerprint density at radius 3 is 2.68 bits per heavy atom. The molecule has 0 spiro atoms. The number of halogens is 2. The smallest absolute Gasteiger partial charge is 0.247 e. The number of nitrogens with zero attached hydrogens (tertiary/aromatic N) is 2. The van der Waals surface area contributed by atoms with Gasteiger partial charge in [-0.15, -0.1) is 10.2 Å². The Morgan fingerprint density at radius 1 is 1.21 bits per heavy atom. The minimum atomic E-state index is 0.442. The van der Waals surface area contributed by atoms with Crippen LogP contribution >= 0.6 is 23.2 Å². The maximum Gasteiger partial charge on any atom is 0.247 e. The van der Waals surface area contributed by atoms with Gasteiger partial charge in [0, 0.05) is 24.6 Å². The normalized spacial score (nSPS) is 11.2. The lowest BCUT2D eigenvalue weighted by Crippen LogP contribution is -2.25. The third-order valence-corrected chi connectivity index (χ3v) is 3.26. The van der Waals surface area contributed by atoms with E-state index in [0.29, 0.717) is 34.3 Å². The van der Waals surface area contributed by atoms with Crippen molar-refractivity contribution in [2.75, 3.05) is 6.54 Å². The Balaban J connectivity index is 2.05. The molecule has 1 N–H and O–H groups in total. The van der Waals surface area contributed by atoms with Gasteiger partial charge in [0.15, 0.2) is 0 Å². The SMILES string of the molecule is CC(C)NCCc1nnc(-c2ccc(Cl)c(Cl)c2)o1. The monoisotopic (exact) mass is 299 g/mol. The van der Waals surface area contributed by atoms with Crippen LogP contribution in [0, 0.1) is 0 Å². The van der Waals surface area contributed by atoms with Crippen LogP contribution in [0.4, 0.5) is 0 Å². The standard InChI is InChI=1S/C13H15Cl2N3O/c1-8(2)16-6-5-12-17-18-13(19-12)9-3-4-10(14)11(15)7-9/h3-4,7-8,16H,5-6H2,1-2H3. The Hall–Kier alpha value is -1.10. The predicted molar refractivity (Wildman–Crippen MR) is 76.6 cm³/mol. The second-order valence-electron chi connectivity index (χ2n) is 4.49. The molecule has 0 unspecified atom stereocenters. The van der Waals surface area contributed by atoms with Crippen molar-refractivity contribution in [2.45, 2.75) is 26.3 Å². The lowest BCUT2D eigenvalue weighted by atomic mass is 10.2. The molecule has 0 saturated heterocycles. The van der Waals surface area contributed by atoms with Crippen molar-refractivity contribution in [1.82, 2.24) is 15.5 Å². The molecule has 0 radical (unpaired) electrons. The van der Waals surface area contributed by atoms with E-state index < -0.39 is 0 Å². The zero-order valence-electron chi connectivity index (χ0n) is 10.8. The van der Waals surface area contributed by atoms with Crippen LogP contribution in [0.2, 0.25) is 10.0 Å². The van der Waals surface area contributed by atoms with Gasteiger partial charge in [-0.2, -0.15) is 0 Å². The number of rotatable bonds is 5. The summed E-state index contributed by atoms with van der Waals surface area (Å²) in [5, 5.41) is 12.3. The van der Waals surface area contributed by atoms with Crippen LogP contribution in [0.5, 0.6) is 0 Å². The topological polar surface area (TPSA) is 51.0 Å². The maximum atomic E-state index is 5.96. The van der Waals surface area contributed by atoms with Crippen molar-refractivity contribution >= 4 is 23.2 Å². The van der Waals surface area contributed by atoms with E-state index in [4.69, 9.17) is 27.6 Å². The molecule has 0 aliphatic rings. The molecule has 2 aromatic rings. The van der Waals surface area contributed by atoms with E-state index in [0.717, 1.165) is 12.1 Å². The first-order valence-corrected chi connectivity index (χ1v) is 6.83. The zero-order chi connectivity index (χ0) is 13.8. The number of aromatic nitrogens is 2. The first-order valence-electron chi connectivity index (χ1n) is 6.07. The lowest BCUT2D eigenvalue weighted by Gasteiger charge is -2.04. The highest BCUT2D eigenvalue weighted by Gasteiger charge is 2.10. The van der Waals surface area contributed by atoms with Gasteiger partial charge >= 0.3 is 0 Å². The van der Waals surface area contributed by atoms with Crippen molar-refractivity contribution in [3.63, 3.8) is 0 Å². The fourth-order valence-electron chi connectivity index (χ4n) is 1.57. The molecule has 0 fully saturated rings. The Labute approximate surface area is 122 Å². The van der Waals surface area contributed by atoms with E-state index in [9.17, 15) is 0 Å². The third kappa shape index (κ3) is 3.93. The molecule has 0 aliphatic carbocycles. The average Bonchev–Trinajstić information content (AvgIpc) is 2.81. The Bertz CT molecular complexity index is 555. The Morgan fingerprint density at radius 2 is 2.00 bits per heavy atom. The van der Waals surface area contributed by atoms with E-state index in [1.807, 2.05) is 0 Å². The molecule has 2 rings (SSSR count). The minimum Gasteiger partial charge on any atom is -0.421 e. The van der Waals surface area contributed by atoms with Crippen molar-refractivity contribution < 1.29 is 4.42 Å². The molecule has 6 heteroatoms. The van der Waals surface area contributed by atoms with Crippen LogP contribution < -0.4 is 5.32 Å². The highest BCUT2D eigenvalue weighted by atomic mass is 35.5. The average molecular weight is 300 g/mol. The second kappa shape index (κ2) is 6.37. The van der Waals surface area contributed by atoms with Gasteiger partial charge in [-0.05, 0) is 18.2 Å². The molecule has 1 aromatic heterocycles. The van der Waals surface area contributed by atoms with Crippen molar-refractivity contribution in [3.05, 3.63) is 34.1 Å². The fraction of sp³-hybridized carbons (Fsp3) is 0.385. The van der Waals surface area contributed by atoms with Gasteiger partial charge in [-0.3, -0.25) is 0 Å². The van der Waals surface area contributed by atoms with Crippen molar-refractivity contribution in [2.24, 2.45) is 0 Å². The molecule has 0 amide bonds.